The summed E-state index contributed by atoms with van der Waals surface area (Å²) >= 11 is 0. The fraction of sp³-hybridized carbons (Fsp3) is 0.263. The van der Waals surface area contributed by atoms with E-state index < -0.39 is 12.6 Å². The van der Waals surface area contributed by atoms with Crippen molar-refractivity contribution >= 4 is 29.1 Å². The van der Waals surface area contributed by atoms with Crippen LogP contribution in [-0.2, 0) is 9.53 Å². The van der Waals surface area contributed by atoms with E-state index in [-0.39, 0.29) is 29.1 Å². The molecule has 2 N–H and O–H groups in total. The third-order valence-corrected chi connectivity index (χ3v) is 3.64. The van der Waals surface area contributed by atoms with Gasteiger partial charge < -0.3 is 15.0 Å². The van der Waals surface area contributed by atoms with Crippen molar-refractivity contribution in [2.24, 2.45) is 5.92 Å². The van der Waals surface area contributed by atoms with Crippen LogP contribution in [0.3, 0.4) is 0 Å². The Hall–Kier alpha value is -3.22. The van der Waals surface area contributed by atoms with E-state index in [1.807, 2.05) is 0 Å². The largest absolute Gasteiger partial charge is 0.453 e. The van der Waals surface area contributed by atoms with Crippen molar-refractivity contribution in [2.75, 3.05) is 11.9 Å². The molecule has 0 aliphatic heterocycles. The van der Waals surface area contributed by atoms with Crippen LogP contribution >= 0.6 is 0 Å². The molecular weight excluding hydrogens is 336 g/mol. The van der Waals surface area contributed by atoms with Gasteiger partial charge in [0, 0.05) is 28.9 Å². The van der Waals surface area contributed by atoms with E-state index in [0.717, 1.165) is 0 Å². The molecule has 7 nitrogen and oxygen atoms in total. The van der Waals surface area contributed by atoms with Crippen LogP contribution in [0, 0.1) is 5.92 Å². The van der Waals surface area contributed by atoms with Crippen LogP contribution in [0.2, 0.25) is 0 Å². The SMILES string of the molecule is CC(=O)c1c[nH]c(C(=O)OCC(=O)c2ccc(NC(=O)C(C)C)cc2)c1. The number of aromatic nitrogens is 1. The van der Waals surface area contributed by atoms with E-state index in [0.29, 0.717) is 16.8 Å². The number of nitrogens with one attached hydrogen (secondary N) is 2. The van der Waals surface area contributed by atoms with Gasteiger partial charge in [-0.1, -0.05) is 13.8 Å². The zero-order chi connectivity index (χ0) is 19.3. The molecule has 7 heteroatoms. The summed E-state index contributed by atoms with van der Waals surface area (Å²) in [5, 5.41) is 2.72. The zero-order valence-electron chi connectivity index (χ0n) is 14.8. The lowest BCUT2D eigenvalue weighted by molar-refractivity contribution is -0.118. The van der Waals surface area contributed by atoms with E-state index in [1.54, 1.807) is 38.1 Å². The number of hydrogen-bond donors (Lipinski definition) is 2. The van der Waals surface area contributed by atoms with Crippen molar-refractivity contribution in [2.45, 2.75) is 20.8 Å². The molecule has 0 saturated heterocycles. The second kappa shape index (κ2) is 8.24. The summed E-state index contributed by atoms with van der Waals surface area (Å²) in [5.41, 5.74) is 1.41. The average molecular weight is 356 g/mol. The Bertz CT molecular complexity index is 834. The number of ether oxygens (including phenoxy) is 1. The molecular formula is C19H20N2O5. The number of anilines is 1. The topological polar surface area (TPSA) is 105 Å². The normalized spacial score (nSPS) is 10.5. The average Bonchev–Trinajstić information content (AvgIpc) is 3.10. The summed E-state index contributed by atoms with van der Waals surface area (Å²) < 4.78 is 4.96. The van der Waals surface area contributed by atoms with Gasteiger partial charge in [-0.05, 0) is 37.3 Å². The molecule has 0 atom stereocenters. The molecule has 1 aromatic heterocycles. The summed E-state index contributed by atoms with van der Waals surface area (Å²) in [5.74, 6) is -1.53. The lowest BCUT2D eigenvalue weighted by atomic mass is 10.1. The van der Waals surface area contributed by atoms with Crippen molar-refractivity contribution in [1.29, 1.82) is 0 Å². The monoisotopic (exact) mass is 356 g/mol. The molecule has 136 valence electrons. The van der Waals surface area contributed by atoms with Crippen LogP contribution < -0.4 is 5.32 Å². The second-order valence-corrected chi connectivity index (χ2v) is 6.08. The van der Waals surface area contributed by atoms with E-state index in [4.69, 9.17) is 4.74 Å². The molecule has 0 unspecified atom stereocenters. The van der Waals surface area contributed by atoms with Gasteiger partial charge >= 0.3 is 5.97 Å². The third kappa shape index (κ3) is 4.89. The predicted octanol–water partition coefficient (Wildman–Crippen LogP) is 2.85. The number of aromatic amines is 1. The molecule has 26 heavy (non-hydrogen) atoms. The minimum Gasteiger partial charge on any atom is -0.453 e. The highest BCUT2D eigenvalue weighted by Crippen LogP contribution is 2.12. The lowest BCUT2D eigenvalue weighted by Crippen LogP contribution is -2.18. The highest BCUT2D eigenvalue weighted by Gasteiger charge is 2.15. The minimum absolute atomic E-state index is 0.106. The van der Waals surface area contributed by atoms with Crippen molar-refractivity contribution in [1.82, 2.24) is 4.98 Å². The van der Waals surface area contributed by atoms with Crippen LogP contribution in [0.4, 0.5) is 5.69 Å². The standard InChI is InChI=1S/C19H20N2O5/c1-11(2)18(24)21-15-6-4-13(5-7-15)17(23)10-26-19(25)16-8-14(9-20-16)12(3)22/h4-9,11,20H,10H2,1-3H3,(H,21,24). The van der Waals surface area contributed by atoms with Crippen molar-refractivity contribution in [3.63, 3.8) is 0 Å². The number of benzene rings is 1. The lowest BCUT2D eigenvalue weighted by Gasteiger charge is -2.08. The quantitative estimate of drug-likeness (QED) is 0.586. The van der Waals surface area contributed by atoms with Crippen molar-refractivity contribution in [3.05, 3.63) is 53.3 Å². The number of hydrogen-bond acceptors (Lipinski definition) is 5. The number of amides is 1. The molecule has 0 spiro atoms. The first kappa shape index (κ1) is 19.1. The predicted molar refractivity (Wildman–Crippen MR) is 95.3 cm³/mol. The van der Waals surface area contributed by atoms with E-state index in [9.17, 15) is 19.2 Å². The molecule has 0 saturated carbocycles. The van der Waals surface area contributed by atoms with Gasteiger partial charge in [0.05, 0.1) is 0 Å². The number of ketones is 2. The zero-order valence-corrected chi connectivity index (χ0v) is 14.8. The molecule has 0 aliphatic carbocycles. The number of carbonyl (C=O) groups excluding carboxylic acids is 4. The molecule has 2 rings (SSSR count). The first-order valence-corrected chi connectivity index (χ1v) is 8.08. The first-order valence-electron chi connectivity index (χ1n) is 8.08. The molecule has 0 aliphatic rings. The van der Waals surface area contributed by atoms with Gasteiger partial charge in [-0.2, -0.15) is 0 Å². The first-order chi connectivity index (χ1) is 12.3. The van der Waals surface area contributed by atoms with Crippen molar-refractivity contribution < 1.29 is 23.9 Å². The fourth-order valence-corrected chi connectivity index (χ4v) is 2.03. The molecule has 1 amide bonds. The van der Waals surface area contributed by atoms with E-state index in [1.165, 1.54) is 19.2 Å². The maximum absolute atomic E-state index is 12.1. The Labute approximate surface area is 150 Å². The summed E-state index contributed by atoms with van der Waals surface area (Å²) in [7, 11) is 0. The minimum atomic E-state index is -0.716. The molecule has 1 heterocycles. The second-order valence-electron chi connectivity index (χ2n) is 6.08. The van der Waals surface area contributed by atoms with Crippen LogP contribution in [-0.4, -0.2) is 35.0 Å². The van der Waals surface area contributed by atoms with Crippen LogP contribution in [0.1, 0.15) is 52.0 Å². The van der Waals surface area contributed by atoms with Gasteiger partial charge in [0.2, 0.25) is 5.91 Å². The highest BCUT2D eigenvalue weighted by molar-refractivity contribution is 6.01. The number of H-pyrrole nitrogens is 1. The third-order valence-electron chi connectivity index (χ3n) is 3.64. The number of carbonyl (C=O) groups is 4. The van der Waals surface area contributed by atoms with Gasteiger partial charge in [-0.25, -0.2) is 4.79 Å². The number of esters is 1. The smallest absolute Gasteiger partial charge is 0.355 e. The van der Waals surface area contributed by atoms with E-state index >= 15 is 0 Å². The Kier molecular flexibility index (Phi) is 6.06. The highest BCUT2D eigenvalue weighted by atomic mass is 16.5. The maximum Gasteiger partial charge on any atom is 0.355 e. The van der Waals surface area contributed by atoms with Crippen LogP contribution in [0.5, 0.6) is 0 Å². The Morgan fingerprint density at radius 2 is 1.73 bits per heavy atom. The van der Waals surface area contributed by atoms with Gasteiger partial charge in [-0.3, -0.25) is 14.4 Å². The number of Topliss-reactive ketones (excluding diaryl/α,β-unsaturated/α-hetero) is 2. The van der Waals surface area contributed by atoms with Gasteiger partial charge in [-0.15, -0.1) is 0 Å². The maximum atomic E-state index is 12.1. The summed E-state index contributed by atoms with van der Waals surface area (Å²) in [6.45, 7) is 4.52. The molecule has 0 radical (unpaired) electrons. The summed E-state index contributed by atoms with van der Waals surface area (Å²) in [6.07, 6.45) is 1.41. The Balaban J connectivity index is 1.91. The molecule has 0 fully saturated rings. The van der Waals surface area contributed by atoms with Crippen LogP contribution in [0.15, 0.2) is 36.5 Å². The van der Waals surface area contributed by atoms with Gasteiger partial charge in [0.1, 0.15) is 5.69 Å². The van der Waals surface area contributed by atoms with Crippen LogP contribution in [0.25, 0.3) is 0 Å². The van der Waals surface area contributed by atoms with Gasteiger partial charge in [0.25, 0.3) is 0 Å². The molecule has 0 bridgehead atoms. The van der Waals surface area contributed by atoms with Gasteiger partial charge in [0.15, 0.2) is 18.2 Å². The van der Waals surface area contributed by atoms with Crippen molar-refractivity contribution in [3.8, 4) is 0 Å². The van der Waals surface area contributed by atoms with E-state index in [2.05, 4.69) is 10.3 Å². The summed E-state index contributed by atoms with van der Waals surface area (Å²) in [4.78, 5) is 49.5. The Morgan fingerprint density at radius 1 is 1.08 bits per heavy atom. The number of rotatable bonds is 7. The Morgan fingerprint density at radius 3 is 2.27 bits per heavy atom. The fourth-order valence-electron chi connectivity index (χ4n) is 2.03. The molecule has 1 aromatic carbocycles. The molecule has 2 aromatic rings. The summed E-state index contributed by atoms with van der Waals surface area (Å²) in [6, 6.07) is 7.70.